The molecule has 10 heavy (non-hydrogen) atoms. The standard InChI is InChI=1S/C7H11NO2/c1-7(2)5-10-4-3-8-6-9/h5H,3-4H2,1-2H3. The Labute approximate surface area is 60.4 Å². The Kier molecular flexibility index (Phi) is 5.39. The van der Waals surface area contributed by atoms with Gasteiger partial charge in [-0.1, -0.05) is 0 Å². The van der Waals surface area contributed by atoms with E-state index in [-0.39, 0.29) is 0 Å². The van der Waals surface area contributed by atoms with E-state index in [4.69, 9.17) is 4.74 Å². The van der Waals surface area contributed by atoms with Crippen LogP contribution in [0.15, 0.2) is 16.8 Å². The lowest BCUT2D eigenvalue weighted by atomic mass is 10.4. The number of aliphatic imine (C=N–C) groups is 1. The van der Waals surface area contributed by atoms with Gasteiger partial charge in [0.15, 0.2) is 0 Å². The lowest BCUT2D eigenvalue weighted by molar-refractivity contribution is 0.257. The first kappa shape index (κ1) is 8.92. The third-order valence-electron chi connectivity index (χ3n) is 0.705. The first-order chi connectivity index (χ1) is 4.77. The Hall–Kier alpha value is -1.08. The third-order valence-corrected chi connectivity index (χ3v) is 0.705. The summed E-state index contributed by atoms with van der Waals surface area (Å²) in [6.45, 7) is 4.69. The first-order valence-electron chi connectivity index (χ1n) is 3.06. The summed E-state index contributed by atoms with van der Waals surface area (Å²) < 4.78 is 4.96. The second-order valence-corrected chi connectivity index (χ2v) is 2.04. The van der Waals surface area contributed by atoms with Gasteiger partial charge in [0.05, 0.1) is 12.8 Å². The SMILES string of the molecule is CC(C)=COCCN=C=O. The molecule has 3 nitrogen and oxygen atoms in total. The average molecular weight is 141 g/mol. The fourth-order valence-electron chi connectivity index (χ4n) is 0.370. The molecule has 0 bridgehead atoms. The highest BCUT2D eigenvalue weighted by atomic mass is 16.5. The van der Waals surface area contributed by atoms with Crippen LogP contribution in [0.5, 0.6) is 0 Å². The van der Waals surface area contributed by atoms with Crippen LogP contribution in [0.2, 0.25) is 0 Å². The summed E-state index contributed by atoms with van der Waals surface area (Å²) in [5.74, 6) is 0. The maximum absolute atomic E-state index is 9.54. The van der Waals surface area contributed by atoms with Crippen molar-refractivity contribution < 1.29 is 9.53 Å². The lowest BCUT2D eigenvalue weighted by Crippen LogP contribution is -1.91. The number of allylic oxidation sites excluding steroid dienone is 1. The lowest BCUT2D eigenvalue weighted by Gasteiger charge is -1.95. The predicted molar refractivity (Wildman–Crippen MR) is 38.4 cm³/mol. The molecule has 0 unspecified atom stereocenters. The molecule has 56 valence electrons. The summed E-state index contributed by atoms with van der Waals surface area (Å²) in [4.78, 5) is 12.8. The third kappa shape index (κ3) is 6.92. The molecule has 0 fully saturated rings. The van der Waals surface area contributed by atoms with Crippen molar-refractivity contribution in [3.63, 3.8) is 0 Å². The van der Waals surface area contributed by atoms with Gasteiger partial charge in [-0.2, -0.15) is 0 Å². The Morgan fingerprint density at radius 2 is 2.40 bits per heavy atom. The number of hydrogen-bond donors (Lipinski definition) is 0. The van der Waals surface area contributed by atoms with Crippen molar-refractivity contribution in [2.75, 3.05) is 13.2 Å². The van der Waals surface area contributed by atoms with Crippen molar-refractivity contribution in [3.8, 4) is 0 Å². The molecule has 0 spiro atoms. The van der Waals surface area contributed by atoms with Crippen LogP contribution in [0.4, 0.5) is 0 Å². The number of ether oxygens (including phenoxy) is 1. The van der Waals surface area contributed by atoms with E-state index in [0.29, 0.717) is 13.2 Å². The summed E-state index contributed by atoms with van der Waals surface area (Å²) in [6, 6.07) is 0. The van der Waals surface area contributed by atoms with Gasteiger partial charge in [-0.25, -0.2) is 9.79 Å². The molecule has 0 N–H and O–H groups in total. The largest absolute Gasteiger partial charge is 0.499 e. The minimum Gasteiger partial charge on any atom is -0.499 e. The summed E-state index contributed by atoms with van der Waals surface area (Å²) in [5.41, 5.74) is 1.09. The zero-order valence-electron chi connectivity index (χ0n) is 6.26. The molecule has 0 radical (unpaired) electrons. The number of isocyanates is 1. The average Bonchev–Trinajstić information content (AvgIpc) is 1.87. The first-order valence-corrected chi connectivity index (χ1v) is 3.06. The van der Waals surface area contributed by atoms with Crippen LogP contribution in [-0.4, -0.2) is 19.2 Å². The van der Waals surface area contributed by atoms with Crippen molar-refractivity contribution in [3.05, 3.63) is 11.8 Å². The van der Waals surface area contributed by atoms with Gasteiger partial charge in [-0.05, 0) is 19.4 Å². The second-order valence-electron chi connectivity index (χ2n) is 2.04. The van der Waals surface area contributed by atoms with Gasteiger partial charge in [0, 0.05) is 0 Å². The molecule has 0 aliphatic rings. The minimum atomic E-state index is 0.382. The Bertz CT molecular complexity index is 153. The molecule has 0 aromatic heterocycles. The van der Waals surface area contributed by atoms with Crippen LogP contribution < -0.4 is 0 Å². The van der Waals surface area contributed by atoms with Gasteiger partial charge >= 0.3 is 0 Å². The normalized spacial score (nSPS) is 7.80. The molecule has 0 saturated carbocycles. The zero-order chi connectivity index (χ0) is 7.82. The van der Waals surface area contributed by atoms with E-state index < -0.39 is 0 Å². The number of rotatable bonds is 4. The van der Waals surface area contributed by atoms with Crippen molar-refractivity contribution in [2.45, 2.75) is 13.8 Å². The van der Waals surface area contributed by atoms with Crippen LogP contribution in [0.3, 0.4) is 0 Å². The monoisotopic (exact) mass is 141 g/mol. The molecule has 0 aliphatic carbocycles. The topological polar surface area (TPSA) is 38.7 Å². The van der Waals surface area contributed by atoms with Crippen LogP contribution in [-0.2, 0) is 9.53 Å². The number of carbonyl (C=O) groups excluding carboxylic acids is 1. The molecule has 3 heteroatoms. The summed E-state index contributed by atoms with van der Waals surface area (Å²) in [7, 11) is 0. The summed E-state index contributed by atoms with van der Waals surface area (Å²) in [6.07, 6.45) is 3.07. The van der Waals surface area contributed by atoms with Crippen molar-refractivity contribution in [1.29, 1.82) is 0 Å². The Balaban J connectivity index is 3.21. The molecule has 0 aromatic carbocycles. The highest BCUT2D eigenvalue weighted by molar-refractivity contribution is 5.32. The molecular weight excluding hydrogens is 130 g/mol. The fourth-order valence-corrected chi connectivity index (χ4v) is 0.370. The smallest absolute Gasteiger partial charge is 0.235 e. The van der Waals surface area contributed by atoms with Crippen molar-refractivity contribution >= 4 is 6.08 Å². The molecule has 0 atom stereocenters. The fraction of sp³-hybridized carbons (Fsp3) is 0.571. The van der Waals surface area contributed by atoms with E-state index in [1.54, 1.807) is 6.26 Å². The van der Waals surface area contributed by atoms with Gasteiger partial charge < -0.3 is 4.74 Å². The van der Waals surface area contributed by atoms with Gasteiger partial charge in [0.25, 0.3) is 0 Å². The summed E-state index contributed by atoms with van der Waals surface area (Å²) in [5, 5.41) is 0. The maximum atomic E-state index is 9.54. The van der Waals surface area contributed by atoms with Crippen molar-refractivity contribution in [1.82, 2.24) is 0 Å². The molecular formula is C7H11NO2. The van der Waals surface area contributed by atoms with Gasteiger partial charge in [-0.15, -0.1) is 0 Å². The van der Waals surface area contributed by atoms with E-state index in [0.717, 1.165) is 5.57 Å². The quantitative estimate of drug-likeness (QED) is 0.256. The van der Waals surface area contributed by atoms with E-state index in [1.807, 2.05) is 13.8 Å². The highest BCUT2D eigenvalue weighted by Crippen LogP contribution is 1.88. The van der Waals surface area contributed by atoms with Crippen LogP contribution in [0.1, 0.15) is 13.8 Å². The van der Waals surface area contributed by atoms with Gasteiger partial charge in [-0.3, -0.25) is 0 Å². The number of hydrogen-bond acceptors (Lipinski definition) is 3. The Morgan fingerprint density at radius 3 is 2.90 bits per heavy atom. The molecule has 0 aromatic rings. The van der Waals surface area contributed by atoms with Gasteiger partial charge in [0.2, 0.25) is 6.08 Å². The van der Waals surface area contributed by atoms with Crippen LogP contribution >= 0.6 is 0 Å². The molecule has 0 saturated heterocycles. The van der Waals surface area contributed by atoms with E-state index >= 15 is 0 Å². The maximum Gasteiger partial charge on any atom is 0.235 e. The van der Waals surface area contributed by atoms with E-state index in [2.05, 4.69) is 4.99 Å². The highest BCUT2D eigenvalue weighted by Gasteiger charge is 1.79. The minimum absolute atomic E-state index is 0.382. The van der Waals surface area contributed by atoms with Crippen molar-refractivity contribution in [2.24, 2.45) is 4.99 Å². The molecule has 0 heterocycles. The van der Waals surface area contributed by atoms with Gasteiger partial charge in [0.1, 0.15) is 6.61 Å². The summed E-state index contributed by atoms with van der Waals surface area (Å²) >= 11 is 0. The number of nitrogens with zero attached hydrogens (tertiary/aromatic N) is 1. The molecule has 0 rings (SSSR count). The second kappa shape index (κ2) is 6.05. The van der Waals surface area contributed by atoms with Crippen LogP contribution in [0.25, 0.3) is 0 Å². The van der Waals surface area contributed by atoms with E-state index in [1.165, 1.54) is 6.08 Å². The predicted octanol–water partition coefficient (Wildman–Crippen LogP) is 1.26. The van der Waals surface area contributed by atoms with E-state index in [9.17, 15) is 4.79 Å². The zero-order valence-corrected chi connectivity index (χ0v) is 6.26. The van der Waals surface area contributed by atoms with Crippen LogP contribution in [0, 0.1) is 0 Å². The molecule has 0 aliphatic heterocycles. The Morgan fingerprint density at radius 1 is 1.70 bits per heavy atom. The molecule has 0 amide bonds.